The van der Waals surface area contributed by atoms with Gasteiger partial charge in [0.15, 0.2) is 0 Å². The van der Waals surface area contributed by atoms with E-state index in [0.717, 1.165) is 12.0 Å². The van der Waals surface area contributed by atoms with Gasteiger partial charge in [0.2, 0.25) is 11.8 Å². The Labute approximate surface area is 197 Å². The summed E-state index contributed by atoms with van der Waals surface area (Å²) in [5.74, 6) is -1.11. The van der Waals surface area contributed by atoms with Crippen molar-refractivity contribution in [3.05, 3.63) is 71.8 Å². The zero-order valence-electron chi connectivity index (χ0n) is 20.0. The molecule has 0 heterocycles. The van der Waals surface area contributed by atoms with E-state index in [9.17, 15) is 14.4 Å². The van der Waals surface area contributed by atoms with Crippen molar-refractivity contribution in [2.45, 2.75) is 58.5 Å². The number of hydrogen-bond donors (Lipinski definition) is 2. The van der Waals surface area contributed by atoms with Crippen LogP contribution in [0, 0.1) is 11.8 Å². The quantitative estimate of drug-likeness (QED) is 0.481. The van der Waals surface area contributed by atoms with Crippen molar-refractivity contribution >= 4 is 17.8 Å². The van der Waals surface area contributed by atoms with E-state index in [2.05, 4.69) is 10.6 Å². The van der Waals surface area contributed by atoms with Gasteiger partial charge in [-0.2, -0.15) is 0 Å². The fourth-order valence-electron chi connectivity index (χ4n) is 3.63. The average molecular weight is 453 g/mol. The fraction of sp³-hybridized carbons (Fsp3) is 0.444. The lowest BCUT2D eigenvalue weighted by Crippen LogP contribution is -2.53. The van der Waals surface area contributed by atoms with Crippen LogP contribution in [0.25, 0.3) is 0 Å². The molecule has 33 heavy (non-hydrogen) atoms. The van der Waals surface area contributed by atoms with Gasteiger partial charge >= 0.3 is 5.97 Å². The first-order chi connectivity index (χ1) is 15.8. The molecule has 0 saturated heterocycles. The van der Waals surface area contributed by atoms with E-state index in [1.54, 1.807) is 0 Å². The zero-order valence-corrected chi connectivity index (χ0v) is 20.0. The molecule has 0 spiro atoms. The van der Waals surface area contributed by atoms with Gasteiger partial charge in [-0.05, 0) is 36.3 Å². The molecule has 178 valence electrons. The molecule has 0 aliphatic rings. The predicted octanol–water partition coefficient (Wildman–Crippen LogP) is 3.69. The number of benzene rings is 2. The van der Waals surface area contributed by atoms with Gasteiger partial charge in [-0.3, -0.25) is 9.59 Å². The summed E-state index contributed by atoms with van der Waals surface area (Å²) < 4.78 is 4.90. The van der Waals surface area contributed by atoms with E-state index in [-0.39, 0.29) is 23.7 Å². The number of ether oxygens (including phenoxy) is 1. The molecule has 0 aliphatic heterocycles. The molecule has 0 fully saturated rings. The van der Waals surface area contributed by atoms with Crippen molar-refractivity contribution in [2.24, 2.45) is 11.8 Å². The summed E-state index contributed by atoms with van der Waals surface area (Å²) >= 11 is 0. The topological polar surface area (TPSA) is 84.5 Å². The third-order valence-corrected chi connectivity index (χ3v) is 5.58. The van der Waals surface area contributed by atoms with Gasteiger partial charge in [0.05, 0.1) is 7.11 Å². The van der Waals surface area contributed by atoms with Crippen LogP contribution in [0.5, 0.6) is 0 Å². The standard InChI is InChI=1S/C27H36N2O4/c1-19(2)17-23(28-25(30)20(3)15-16-21-11-7-5-8-12-21)26(31)29-24(27(32)33-4)18-22-13-9-6-10-14-22/h5-14,19-20,23-24H,15-18H2,1-4H3,(H,28,30)(H,29,31)/t20-,23-,24-/m0/s1. The van der Waals surface area contributed by atoms with Crippen LogP contribution in [0.4, 0.5) is 0 Å². The first kappa shape index (κ1) is 26.1. The van der Waals surface area contributed by atoms with Crippen molar-refractivity contribution in [2.75, 3.05) is 7.11 Å². The summed E-state index contributed by atoms with van der Waals surface area (Å²) in [6, 6.07) is 17.9. The molecule has 2 aromatic carbocycles. The molecule has 2 aromatic rings. The number of aryl methyl sites for hydroxylation is 1. The van der Waals surface area contributed by atoms with E-state index in [1.807, 2.05) is 81.4 Å². The van der Waals surface area contributed by atoms with E-state index in [0.29, 0.717) is 19.3 Å². The monoisotopic (exact) mass is 452 g/mol. The van der Waals surface area contributed by atoms with Crippen LogP contribution < -0.4 is 10.6 Å². The van der Waals surface area contributed by atoms with Gasteiger partial charge in [0.25, 0.3) is 0 Å². The number of hydrogen-bond acceptors (Lipinski definition) is 4. The molecule has 0 radical (unpaired) electrons. The summed E-state index contributed by atoms with van der Waals surface area (Å²) in [6.45, 7) is 5.86. The molecule has 6 heteroatoms. The second-order valence-corrected chi connectivity index (χ2v) is 8.89. The summed E-state index contributed by atoms with van der Waals surface area (Å²) in [6.07, 6.45) is 2.26. The highest BCUT2D eigenvalue weighted by Gasteiger charge is 2.29. The molecule has 2 N–H and O–H groups in total. The summed E-state index contributed by atoms with van der Waals surface area (Å²) in [5, 5.41) is 5.70. The highest BCUT2D eigenvalue weighted by Crippen LogP contribution is 2.13. The maximum Gasteiger partial charge on any atom is 0.328 e. The normalized spacial score (nSPS) is 13.6. The molecule has 2 rings (SSSR count). The largest absolute Gasteiger partial charge is 0.467 e. The molecule has 0 bridgehead atoms. The summed E-state index contributed by atoms with van der Waals surface area (Å²) in [5.41, 5.74) is 2.09. The first-order valence-electron chi connectivity index (χ1n) is 11.6. The second-order valence-electron chi connectivity index (χ2n) is 8.89. The van der Waals surface area contributed by atoms with E-state index < -0.39 is 18.1 Å². The van der Waals surface area contributed by atoms with Gasteiger partial charge in [-0.25, -0.2) is 4.79 Å². The highest BCUT2D eigenvalue weighted by atomic mass is 16.5. The van der Waals surface area contributed by atoms with Gasteiger partial charge in [0, 0.05) is 12.3 Å². The van der Waals surface area contributed by atoms with Gasteiger partial charge in [-0.15, -0.1) is 0 Å². The minimum Gasteiger partial charge on any atom is -0.467 e. The Kier molecular flexibility index (Phi) is 10.6. The van der Waals surface area contributed by atoms with Crippen molar-refractivity contribution in [3.8, 4) is 0 Å². The third kappa shape index (κ3) is 9.08. The Morgan fingerprint density at radius 2 is 1.33 bits per heavy atom. The van der Waals surface area contributed by atoms with Crippen molar-refractivity contribution in [3.63, 3.8) is 0 Å². The van der Waals surface area contributed by atoms with Crippen LogP contribution >= 0.6 is 0 Å². The molecule has 0 saturated carbocycles. The van der Waals surface area contributed by atoms with Crippen LogP contribution in [-0.2, 0) is 32.0 Å². The lowest BCUT2D eigenvalue weighted by Gasteiger charge is -2.24. The molecule has 0 unspecified atom stereocenters. The molecule has 0 aliphatic carbocycles. The molecule has 6 nitrogen and oxygen atoms in total. The van der Waals surface area contributed by atoms with E-state index >= 15 is 0 Å². The molecule has 3 atom stereocenters. The van der Waals surface area contributed by atoms with E-state index in [1.165, 1.54) is 12.7 Å². The van der Waals surface area contributed by atoms with Crippen molar-refractivity contribution in [1.82, 2.24) is 10.6 Å². The Bertz CT molecular complexity index is 884. The van der Waals surface area contributed by atoms with Crippen molar-refractivity contribution in [1.29, 1.82) is 0 Å². The van der Waals surface area contributed by atoms with Crippen LogP contribution in [-0.4, -0.2) is 37.0 Å². The molecular weight excluding hydrogens is 416 g/mol. The van der Waals surface area contributed by atoms with Crippen LogP contribution in [0.1, 0.15) is 44.7 Å². The van der Waals surface area contributed by atoms with Crippen molar-refractivity contribution < 1.29 is 19.1 Å². The highest BCUT2D eigenvalue weighted by molar-refractivity contribution is 5.91. The first-order valence-corrected chi connectivity index (χ1v) is 11.6. The Hall–Kier alpha value is -3.15. The summed E-state index contributed by atoms with van der Waals surface area (Å²) in [7, 11) is 1.30. The van der Waals surface area contributed by atoms with Crippen LogP contribution in [0.2, 0.25) is 0 Å². The van der Waals surface area contributed by atoms with Gasteiger partial charge in [-0.1, -0.05) is 81.4 Å². The lowest BCUT2D eigenvalue weighted by molar-refractivity contribution is -0.145. The van der Waals surface area contributed by atoms with Crippen LogP contribution in [0.3, 0.4) is 0 Å². The van der Waals surface area contributed by atoms with E-state index in [4.69, 9.17) is 4.74 Å². The number of rotatable bonds is 12. The lowest BCUT2D eigenvalue weighted by atomic mass is 9.98. The smallest absolute Gasteiger partial charge is 0.328 e. The SMILES string of the molecule is COC(=O)[C@H](Cc1ccccc1)NC(=O)[C@H](CC(C)C)NC(=O)[C@@H](C)CCc1ccccc1. The minimum atomic E-state index is -0.827. The van der Waals surface area contributed by atoms with Crippen LogP contribution in [0.15, 0.2) is 60.7 Å². The number of carbonyl (C=O) groups is 3. The van der Waals surface area contributed by atoms with Gasteiger partial charge in [0.1, 0.15) is 12.1 Å². The Morgan fingerprint density at radius 1 is 0.788 bits per heavy atom. The number of esters is 1. The molecule has 2 amide bonds. The number of carbonyl (C=O) groups excluding carboxylic acids is 3. The molecular formula is C27H36N2O4. The fourth-order valence-corrected chi connectivity index (χ4v) is 3.63. The number of amides is 2. The second kappa shape index (κ2) is 13.4. The maximum atomic E-state index is 13.1. The Balaban J connectivity index is 2.02. The minimum absolute atomic E-state index is 0.163. The zero-order chi connectivity index (χ0) is 24.2. The third-order valence-electron chi connectivity index (χ3n) is 5.58. The van der Waals surface area contributed by atoms with Gasteiger partial charge < -0.3 is 15.4 Å². The number of nitrogens with one attached hydrogen (secondary N) is 2. The molecule has 0 aromatic heterocycles. The summed E-state index contributed by atoms with van der Waals surface area (Å²) in [4.78, 5) is 38.3. The average Bonchev–Trinajstić information content (AvgIpc) is 2.82. The number of methoxy groups -OCH3 is 1. The predicted molar refractivity (Wildman–Crippen MR) is 129 cm³/mol. The maximum absolute atomic E-state index is 13.1. The Morgan fingerprint density at radius 3 is 1.88 bits per heavy atom.